The van der Waals surface area contributed by atoms with Crippen molar-refractivity contribution in [3.8, 4) is 0 Å². The second-order valence-corrected chi connectivity index (χ2v) is 4.49. The fourth-order valence-electron chi connectivity index (χ4n) is 1.37. The number of rotatable bonds is 5. The lowest BCUT2D eigenvalue weighted by Crippen LogP contribution is -2.36. The lowest BCUT2D eigenvalue weighted by Gasteiger charge is -2.14. The van der Waals surface area contributed by atoms with E-state index in [1.165, 1.54) is 6.07 Å². The molecular formula is C11H15BrFN3O. The number of nitrogens with two attached hydrogens (primary N) is 1. The van der Waals surface area contributed by atoms with E-state index >= 15 is 0 Å². The highest BCUT2D eigenvalue weighted by Gasteiger charge is 2.07. The van der Waals surface area contributed by atoms with Crippen molar-refractivity contribution in [3.63, 3.8) is 0 Å². The number of urea groups is 1. The standard InChI is InChI=1S/C11H15BrFN3O/c1-7(15-4-5-16-11(14)17)8-2-3-10(13)9(12)6-8/h2-3,6-7,15H,4-5H2,1H3,(H3,14,16,17). The molecule has 0 aliphatic rings. The summed E-state index contributed by atoms with van der Waals surface area (Å²) in [5.74, 6) is -0.281. The first-order chi connectivity index (χ1) is 8.00. The van der Waals surface area contributed by atoms with E-state index in [4.69, 9.17) is 5.73 Å². The molecular weight excluding hydrogens is 289 g/mol. The Balaban J connectivity index is 2.44. The lowest BCUT2D eigenvalue weighted by molar-refractivity contribution is 0.249. The summed E-state index contributed by atoms with van der Waals surface area (Å²) in [6, 6.07) is 4.40. The maximum Gasteiger partial charge on any atom is 0.312 e. The Morgan fingerprint density at radius 2 is 2.24 bits per heavy atom. The van der Waals surface area contributed by atoms with E-state index in [0.717, 1.165) is 5.56 Å². The Kier molecular flexibility index (Phi) is 5.37. The van der Waals surface area contributed by atoms with Crippen LogP contribution in [0, 0.1) is 5.82 Å². The van der Waals surface area contributed by atoms with E-state index in [-0.39, 0.29) is 11.9 Å². The number of amides is 2. The molecule has 0 saturated heterocycles. The second-order valence-electron chi connectivity index (χ2n) is 3.64. The third-order valence-electron chi connectivity index (χ3n) is 2.32. The van der Waals surface area contributed by atoms with Crippen LogP contribution in [0.3, 0.4) is 0 Å². The molecule has 4 N–H and O–H groups in total. The maximum atomic E-state index is 13.0. The Hall–Kier alpha value is -1.14. The molecule has 0 aromatic heterocycles. The summed E-state index contributed by atoms with van der Waals surface area (Å²) in [5, 5.41) is 5.67. The molecule has 0 heterocycles. The number of hydrogen-bond donors (Lipinski definition) is 3. The van der Waals surface area contributed by atoms with Crippen LogP contribution in [0.5, 0.6) is 0 Å². The molecule has 0 spiro atoms. The van der Waals surface area contributed by atoms with Gasteiger partial charge in [-0.15, -0.1) is 0 Å². The largest absolute Gasteiger partial charge is 0.352 e. The molecule has 17 heavy (non-hydrogen) atoms. The molecule has 4 nitrogen and oxygen atoms in total. The van der Waals surface area contributed by atoms with Gasteiger partial charge in [-0.1, -0.05) is 6.07 Å². The van der Waals surface area contributed by atoms with Crippen LogP contribution in [-0.4, -0.2) is 19.1 Å². The van der Waals surface area contributed by atoms with Gasteiger partial charge in [0, 0.05) is 19.1 Å². The zero-order chi connectivity index (χ0) is 12.8. The summed E-state index contributed by atoms with van der Waals surface area (Å²) < 4.78 is 13.5. The van der Waals surface area contributed by atoms with Gasteiger partial charge in [0.15, 0.2) is 0 Å². The molecule has 0 bridgehead atoms. The summed E-state index contributed by atoms with van der Waals surface area (Å²) in [5.41, 5.74) is 5.90. The Labute approximate surface area is 108 Å². The van der Waals surface area contributed by atoms with Crippen molar-refractivity contribution < 1.29 is 9.18 Å². The predicted molar refractivity (Wildman–Crippen MR) is 68.1 cm³/mol. The topological polar surface area (TPSA) is 67.2 Å². The van der Waals surface area contributed by atoms with Crippen molar-refractivity contribution >= 4 is 22.0 Å². The summed E-state index contributed by atoms with van der Waals surface area (Å²) in [6.45, 7) is 3.02. The molecule has 1 unspecified atom stereocenters. The summed E-state index contributed by atoms with van der Waals surface area (Å²) in [6.07, 6.45) is 0. The fraction of sp³-hybridized carbons (Fsp3) is 0.364. The predicted octanol–water partition coefficient (Wildman–Crippen LogP) is 1.91. The number of primary amides is 1. The number of hydrogen-bond acceptors (Lipinski definition) is 2. The van der Waals surface area contributed by atoms with Gasteiger partial charge in [0.25, 0.3) is 0 Å². The van der Waals surface area contributed by atoms with Gasteiger partial charge in [0.05, 0.1) is 4.47 Å². The van der Waals surface area contributed by atoms with Crippen molar-refractivity contribution in [2.75, 3.05) is 13.1 Å². The number of nitrogens with one attached hydrogen (secondary N) is 2. The van der Waals surface area contributed by atoms with E-state index in [1.807, 2.05) is 6.92 Å². The Morgan fingerprint density at radius 3 is 2.82 bits per heavy atom. The third-order valence-corrected chi connectivity index (χ3v) is 2.93. The van der Waals surface area contributed by atoms with E-state index in [2.05, 4.69) is 26.6 Å². The van der Waals surface area contributed by atoms with Crippen molar-refractivity contribution in [1.82, 2.24) is 10.6 Å². The van der Waals surface area contributed by atoms with Gasteiger partial charge in [0.2, 0.25) is 0 Å². The Morgan fingerprint density at radius 1 is 1.53 bits per heavy atom. The monoisotopic (exact) mass is 303 g/mol. The van der Waals surface area contributed by atoms with Crippen LogP contribution in [-0.2, 0) is 0 Å². The van der Waals surface area contributed by atoms with Crippen LogP contribution in [0.2, 0.25) is 0 Å². The summed E-state index contributed by atoms with van der Waals surface area (Å²) >= 11 is 3.14. The van der Waals surface area contributed by atoms with Crippen molar-refractivity contribution in [2.24, 2.45) is 5.73 Å². The number of carbonyl (C=O) groups is 1. The van der Waals surface area contributed by atoms with Crippen molar-refractivity contribution in [1.29, 1.82) is 0 Å². The fourth-order valence-corrected chi connectivity index (χ4v) is 1.77. The first-order valence-electron chi connectivity index (χ1n) is 5.22. The second kappa shape index (κ2) is 6.56. The number of carbonyl (C=O) groups excluding carboxylic acids is 1. The van der Waals surface area contributed by atoms with Gasteiger partial charge < -0.3 is 16.4 Å². The van der Waals surface area contributed by atoms with Crippen LogP contribution in [0.15, 0.2) is 22.7 Å². The zero-order valence-electron chi connectivity index (χ0n) is 9.47. The highest BCUT2D eigenvalue weighted by atomic mass is 79.9. The van der Waals surface area contributed by atoms with Crippen LogP contribution in [0.25, 0.3) is 0 Å². The van der Waals surface area contributed by atoms with Crippen LogP contribution in [0.1, 0.15) is 18.5 Å². The lowest BCUT2D eigenvalue weighted by atomic mass is 10.1. The van der Waals surface area contributed by atoms with Crippen molar-refractivity contribution in [2.45, 2.75) is 13.0 Å². The molecule has 6 heteroatoms. The molecule has 0 radical (unpaired) electrons. The molecule has 1 atom stereocenters. The van der Waals surface area contributed by atoms with Gasteiger partial charge in [0.1, 0.15) is 5.82 Å². The minimum atomic E-state index is -0.538. The molecule has 1 aromatic rings. The first-order valence-corrected chi connectivity index (χ1v) is 6.01. The van der Waals surface area contributed by atoms with E-state index in [0.29, 0.717) is 17.6 Å². The van der Waals surface area contributed by atoms with Gasteiger partial charge in [-0.2, -0.15) is 0 Å². The smallest absolute Gasteiger partial charge is 0.312 e. The average Bonchev–Trinajstić information content (AvgIpc) is 2.27. The molecule has 0 saturated carbocycles. The molecule has 2 amide bonds. The van der Waals surface area contributed by atoms with Crippen molar-refractivity contribution in [3.05, 3.63) is 34.1 Å². The minimum absolute atomic E-state index is 0.0709. The molecule has 1 aromatic carbocycles. The normalized spacial score (nSPS) is 12.2. The van der Waals surface area contributed by atoms with E-state index < -0.39 is 6.03 Å². The molecule has 0 aliphatic carbocycles. The number of benzene rings is 1. The van der Waals surface area contributed by atoms with E-state index in [9.17, 15) is 9.18 Å². The molecule has 94 valence electrons. The molecule has 0 aliphatic heterocycles. The highest BCUT2D eigenvalue weighted by Crippen LogP contribution is 2.20. The van der Waals surface area contributed by atoms with Gasteiger partial charge in [-0.05, 0) is 40.5 Å². The van der Waals surface area contributed by atoms with Crippen LogP contribution >= 0.6 is 15.9 Å². The average molecular weight is 304 g/mol. The minimum Gasteiger partial charge on any atom is -0.352 e. The zero-order valence-corrected chi connectivity index (χ0v) is 11.1. The van der Waals surface area contributed by atoms with Gasteiger partial charge in [-0.25, -0.2) is 9.18 Å². The SMILES string of the molecule is CC(NCCNC(N)=O)c1ccc(F)c(Br)c1. The van der Waals surface area contributed by atoms with Gasteiger partial charge >= 0.3 is 6.03 Å². The Bertz CT molecular complexity index is 400. The quantitative estimate of drug-likeness (QED) is 0.727. The molecule has 1 rings (SSSR count). The third kappa shape index (κ3) is 4.70. The molecule has 0 fully saturated rings. The summed E-state index contributed by atoms with van der Waals surface area (Å²) in [4.78, 5) is 10.4. The number of halogens is 2. The van der Waals surface area contributed by atoms with Crippen LogP contribution in [0.4, 0.5) is 9.18 Å². The first kappa shape index (κ1) is 13.9. The maximum absolute atomic E-state index is 13.0. The van der Waals surface area contributed by atoms with Crippen LogP contribution < -0.4 is 16.4 Å². The van der Waals surface area contributed by atoms with E-state index in [1.54, 1.807) is 12.1 Å². The summed E-state index contributed by atoms with van der Waals surface area (Å²) in [7, 11) is 0. The van der Waals surface area contributed by atoms with Gasteiger partial charge in [-0.3, -0.25) is 0 Å². The highest BCUT2D eigenvalue weighted by molar-refractivity contribution is 9.10.